The van der Waals surface area contributed by atoms with Crippen molar-refractivity contribution in [3.8, 4) is 5.75 Å². The SMILES string of the molecule is COc1ccc(CCC(=O)N2CCCC2c2ccncc2)cc1Br. The Kier molecular flexibility index (Phi) is 5.51. The zero-order valence-corrected chi connectivity index (χ0v) is 15.3. The molecule has 0 radical (unpaired) electrons. The number of pyridine rings is 1. The maximum Gasteiger partial charge on any atom is 0.223 e. The summed E-state index contributed by atoms with van der Waals surface area (Å²) in [6.07, 6.45) is 6.95. The highest BCUT2D eigenvalue weighted by Crippen LogP contribution is 2.32. The molecule has 0 saturated carbocycles. The van der Waals surface area contributed by atoms with Crippen LogP contribution in [-0.4, -0.2) is 29.4 Å². The quantitative estimate of drug-likeness (QED) is 0.772. The number of ether oxygens (including phenoxy) is 1. The summed E-state index contributed by atoms with van der Waals surface area (Å²) < 4.78 is 6.16. The van der Waals surface area contributed by atoms with Crippen LogP contribution in [0.1, 0.15) is 36.4 Å². The fraction of sp³-hybridized carbons (Fsp3) is 0.368. The van der Waals surface area contributed by atoms with Gasteiger partial charge in [-0.15, -0.1) is 0 Å². The Morgan fingerprint density at radius 3 is 2.83 bits per heavy atom. The van der Waals surface area contributed by atoms with Crippen molar-refractivity contribution in [1.29, 1.82) is 0 Å². The van der Waals surface area contributed by atoms with Crippen LogP contribution in [0.25, 0.3) is 0 Å². The van der Waals surface area contributed by atoms with E-state index in [0.717, 1.165) is 41.6 Å². The third-order valence-electron chi connectivity index (χ3n) is 4.51. The third kappa shape index (κ3) is 3.78. The number of rotatable bonds is 5. The molecular weight excluding hydrogens is 368 g/mol. The minimum Gasteiger partial charge on any atom is -0.496 e. The number of aryl methyl sites for hydroxylation is 1. The number of aromatic nitrogens is 1. The number of hydrogen-bond donors (Lipinski definition) is 0. The van der Waals surface area contributed by atoms with Gasteiger partial charge in [0, 0.05) is 25.4 Å². The van der Waals surface area contributed by atoms with Crippen LogP contribution in [0, 0.1) is 0 Å². The number of hydrogen-bond acceptors (Lipinski definition) is 3. The topological polar surface area (TPSA) is 42.4 Å². The molecule has 1 atom stereocenters. The second-order valence-corrected chi connectivity index (χ2v) is 6.85. The predicted molar refractivity (Wildman–Crippen MR) is 96.9 cm³/mol. The first kappa shape index (κ1) is 17.0. The lowest BCUT2D eigenvalue weighted by Crippen LogP contribution is -2.30. The number of benzene rings is 1. The lowest BCUT2D eigenvalue weighted by Gasteiger charge is -2.25. The zero-order chi connectivity index (χ0) is 16.9. The molecule has 0 N–H and O–H groups in total. The van der Waals surface area contributed by atoms with Crippen LogP contribution in [-0.2, 0) is 11.2 Å². The van der Waals surface area contributed by atoms with E-state index in [4.69, 9.17) is 4.74 Å². The van der Waals surface area contributed by atoms with Crippen molar-refractivity contribution in [3.63, 3.8) is 0 Å². The lowest BCUT2D eigenvalue weighted by atomic mass is 10.1. The van der Waals surface area contributed by atoms with Crippen molar-refractivity contribution in [2.24, 2.45) is 0 Å². The van der Waals surface area contributed by atoms with E-state index in [9.17, 15) is 4.79 Å². The summed E-state index contributed by atoms with van der Waals surface area (Å²) in [6, 6.07) is 10.2. The molecule has 3 rings (SSSR count). The second kappa shape index (κ2) is 7.79. The van der Waals surface area contributed by atoms with Gasteiger partial charge in [0.15, 0.2) is 0 Å². The molecule has 4 nitrogen and oxygen atoms in total. The first-order valence-corrected chi connectivity index (χ1v) is 9.00. The molecule has 0 aliphatic carbocycles. The Bertz CT molecular complexity index is 706. The minimum absolute atomic E-state index is 0.197. The Labute approximate surface area is 151 Å². The number of nitrogens with zero attached hydrogens (tertiary/aromatic N) is 2. The van der Waals surface area contributed by atoms with E-state index >= 15 is 0 Å². The molecule has 0 spiro atoms. The van der Waals surface area contributed by atoms with Crippen molar-refractivity contribution >= 4 is 21.8 Å². The fourth-order valence-corrected chi connectivity index (χ4v) is 3.85. The van der Waals surface area contributed by atoms with Crippen molar-refractivity contribution in [2.45, 2.75) is 31.7 Å². The van der Waals surface area contributed by atoms with Gasteiger partial charge in [0.2, 0.25) is 5.91 Å². The summed E-state index contributed by atoms with van der Waals surface area (Å²) in [5.41, 5.74) is 2.32. The van der Waals surface area contributed by atoms with Gasteiger partial charge >= 0.3 is 0 Å². The van der Waals surface area contributed by atoms with Crippen molar-refractivity contribution < 1.29 is 9.53 Å². The summed E-state index contributed by atoms with van der Waals surface area (Å²) in [5.74, 6) is 1.03. The van der Waals surface area contributed by atoms with Crippen molar-refractivity contribution in [2.75, 3.05) is 13.7 Å². The molecule has 2 heterocycles. The van der Waals surface area contributed by atoms with Crippen LogP contribution in [0.15, 0.2) is 47.2 Å². The van der Waals surface area contributed by atoms with Crippen molar-refractivity contribution in [3.05, 3.63) is 58.3 Å². The largest absolute Gasteiger partial charge is 0.496 e. The van der Waals surface area contributed by atoms with E-state index < -0.39 is 0 Å². The van der Waals surface area contributed by atoms with Gasteiger partial charge in [0.05, 0.1) is 17.6 Å². The second-order valence-electron chi connectivity index (χ2n) is 5.99. The smallest absolute Gasteiger partial charge is 0.223 e. The fourth-order valence-electron chi connectivity index (χ4n) is 3.26. The van der Waals surface area contributed by atoms with Gasteiger partial charge in [0.1, 0.15) is 5.75 Å². The van der Waals surface area contributed by atoms with E-state index in [-0.39, 0.29) is 11.9 Å². The number of likely N-dealkylation sites (tertiary alicyclic amines) is 1. The zero-order valence-electron chi connectivity index (χ0n) is 13.7. The Morgan fingerprint density at radius 1 is 1.33 bits per heavy atom. The van der Waals surface area contributed by atoms with Crippen LogP contribution in [0.3, 0.4) is 0 Å². The first-order chi connectivity index (χ1) is 11.7. The van der Waals surface area contributed by atoms with Gasteiger partial charge < -0.3 is 9.64 Å². The van der Waals surface area contributed by atoms with Gasteiger partial charge in [-0.3, -0.25) is 9.78 Å². The highest BCUT2D eigenvalue weighted by atomic mass is 79.9. The average molecular weight is 389 g/mol. The average Bonchev–Trinajstić information content (AvgIpc) is 3.10. The molecule has 5 heteroatoms. The molecule has 0 bridgehead atoms. The molecule has 1 amide bonds. The third-order valence-corrected chi connectivity index (χ3v) is 5.13. The van der Waals surface area contributed by atoms with Gasteiger partial charge in [0.25, 0.3) is 0 Å². The molecular formula is C19H21BrN2O2. The van der Waals surface area contributed by atoms with E-state index in [0.29, 0.717) is 6.42 Å². The van der Waals surface area contributed by atoms with Gasteiger partial charge in [-0.25, -0.2) is 0 Å². The van der Waals surface area contributed by atoms with Crippen molar-refractivity contribution in [1.82, 2.24) is 9.88 Å². The first-order valence-electron chi connectivity index (χ1n) is 8.21. The molecule has 24 heavy (non-hydrogen) atoms. The molecule has 126 valence electrons. The van der Waals surface area contributed by atoms with E-state index in [1.54, 1.807) is 19.5 Å². The molecule has 1 aliphatic heterocycles. The van der Waals surface area contributed by atoms with E-state index in [1.807, 2.05) is 35.2 Å². The molecule has 1 aliphatic rings. The summed E-state index contributed by atoms with van der Waals surface area (Å²) in [5, 5.41) is 0. The molecule has 2 aromatic rings. The molecule has 1 saturated heterocycles. The highest BCUT2D eigenvalue weighted by molar-refractivity contribution is 9.10. The van der Waals surface area contributed by atoms with Crippen LogP contribution in [0.4, 0.5) is 0 Å². The highest BCUT2D eigenvalue weighted by Gasteiger charge is 2.29. The normalized spacial score (nSPS) is 17.1. The summed E-state index contributed by atoms with van der Waals surface area (Å²) in [4.78, 5) is 18.8. The van der Waals surface area contributed by atoms with Gasteiger partial charge in [-0.2, -0.15) is 0 Å². The molecule has 1 fully saturated rings. The minimum atomic E-state index is 0.197. The maximum absolute atomic E-state index is 12.7. The molecule has 1 aromatic carbocycles. The van der Waals surface area contributed by atoms with Gasteiger partial charge in [-0.05, 0) is 70.6 Å². The van der Waals surface area contributed by atoms with E-state index in [2.05, 4.69) is 20.9 Å². The maximum atomic E-state index is 12.7. The number of carbonyl (C=O) groups is 1. The summed E-state index contributed by atoms with van der Waals surface area (Å²) in [7, 11) is 1.65. The van der Waals surface area contributed by atoms with Crippen LogP contribution in [0.5, 0.6) is 5.75 Å². The Balaban J connectivity index is 1.63. The summed E-state index contributed by atoms with van der Waals surface area (Å²) in [6.45, 7) is 0.845. The lowest BCUT2D eigenvalue weighted by molar-refractivity contribution is -0.132. The molecule has 1 unspecified atom stereocenters. The monoisotopic (exact) mass is 388 g/mol. The van der Waals surface area contributed by atoms with E-state index in [1.165, 1.54) is 5.56 Å². The number of methoxy groups -OCH3 is 1. The predicted octanol–water partition coefficient (Wildman–Crippen LogP) is 4.15. The summed E-state index contributed by atoms with van der Waals surface area (Å²) >= 11 is 3.49. The number of halogens is 1. The van der Waals surface area contributed by atoms with Gasteiger partial charge in [-0.1, -0.05) is 6.07 Å². The molecule has 1 aromatic heterocycles. The Morgan fingerprint density at radius 2 is 2.12 bits per heavy atom. The van der Waals surface area contributed by atoms with Crippen LogP contribution < -0.4 is 4.74 Å². The number of carbonyl (C=O) groups excluding carboxylic acids is 1. The standard InChI is InChI=1S/C19H21BrN2O2/c1-24-18-6-4-14(13-16(18)20)5-7-19(23)22-12-2-3-17(22)15-8-10-21-11-9-15/h4,6,8-11,13,17H,2-3,5,7,12H2,1H3. The Hall–Kier alpha value is -1.88. The number of amides is 1. The van der Waals surface area contributed by atoms with Crippen LogP contribution in [0.2, 0.25) is 0 Å². The van der Waals surface area contributed by atoms with Crippen LogP contribution >= 0.6 is 15.9 Å².